The second-order valence-electron chi connectivity index (χ2n) is 4.12. The number of pyridine rings is 1. The Morgan fingerprint density at radius 3 is 2.76 bits per heavy atom. The summed E-state index contributed by atoms with van der Waals surface area (Å²) in [6.45, 7) is 6.53. The molecule has 0 aliphatic carbocycles. The van der Waals surface area contributed by atoms with Crippen LogP contribution in [-0.4, -0.2) is 29.3 Å². The first kappa shape index (κ1) is 13.6. The molecule has 1 heterocycles. The van der Waals surface area contributed by atoms with Crippen LogP contribution in [0.15, 0.2) is 12.1 Å². The first-order valence-electron chi connectivity index (χ1n) is 5.85. The fraction of sp³-hybridized carbons (Fsp3) is 0.583. The Balaban J connectivity index is 2.74. The number of hydrogen-bond donors (Lipinski definition) is 3. The second-order valence-corrected chi connectivity index (χ2v) is 4.12. The van der Waals surface area contributed by atoms with Crippen molar-refractivity contribution in [2.45, 2.75) is 26.8 Å². The van der Waals surface area contributed by atoms with Crippen LogP contribution in [-0.2, 0) is 0 Å². The van der Waals surface area contributed by atoms with Gasteiger partial charge in [0, 0.05) is 12.6 Å². The van der Waals surface area contributed by atoms with Crippen molar-refractivity contribution in [1.82, 2.24) is 4.98 Å². The topological polar surface area (TPSA) is 80.4 Å². The van der Waals surface area contributed by atoms with Crippen LogP contribution in [0.3, 0.4) is 0 Å². The molecule has 0 spiro atoms. The third-order valence-corrected chi connectivity index (χ3v) is 2.69. The molecule has 0 aromatic carbocycles. The van der Waals surface area contributed by atoms with Crippen LogP contribution in [0.2, 0.25) is 0 Å². The highest BCUT2D eigenvalue weighted by Gasteiger charge is 2.12. The Labute approximate surface area is 102 Å². The Kier molecular flexibility index (Phi) is 5.03. The van der Waals surface area contributed by atoms with Crippen molar-refractivity contribution in [2.75, 3.05) is 24.3 Å². The molecule has 0 amide bonds. The summed E-state index contributed by atoms with van der Waals surface area (Å²) in [7, 11) is 0. The number of aliphatic hydroxyl groups is 1. The van der Waals surface area contributed by atoms with Gasteiger partial charge in [-0.05, 0) is 31.9 Å². The number of rotatable bonds is 6. The summed E-state index contributed by atoms with van der Waals surface area (Å²) in [4.78, 5) is 4.28. The van der Waals surface area contributed by atoms with Crippen molar-refractivity contribution in [3.8, 4) is 5.88 Å². The molecule has 2 unspecified atom stereocenters. The lowest BCUT2D eigenvalue weighted by atomic mass is 10.1. The van der Waals surface area contributed by atoms with Gasteiger partial charge in [0.1, 0.15) is 5.82 Å². The number of nitrogens with one attached hydrogen (secondary N) is 1. The Morgan fingerprint density at radius 2 is 2.18 bits per heavy atom. The van der Waals surface area contributed by atoms with Crippen LogP contribution in [0.1, 0.15) is 20.8 Å². The van der Waals surface area contributed by atoms with E-state index in [4.69, 9.17) is 15.6 Å². The van der Waals surface area contributed by atoms with Crippen molar-refractivity contribution in [3.63, 3.8) is 0 Å². The molecule has 0 saturated heterocycles. The highest BCUT2D eigenvalue weighted by atomic mass is 16.5. The highest BCUT2D eigenvalue weighted by Crippen LogP contribution is 2.21. The van der Waals surface area contributed by atoms with Crippen LogP contribution < -0.4 is 15.8 Å². The summed E-state index contributed by atoms with van der Waals surface area (Å²) in [6, 6.07) is 3.69. The smallest absolute Gasteiger partial charge is 0.239 e. The standard InChI is InChI=1S/C12H21N3O2/c1-4-17-12-10(13)5-6-11(15-12)14-9(3)8(2)7-16/h5-6,8-9,16H,4,7,13H2,1-3H3,(H,14,15). The molecule has 1 rings (SSSR count). The van der Waals surface area contributed by atoms with E-state index in [0.717, 1.165) is 0 Å². The number of nitrogen functional groups attached to an aromatic ring is 1. The number of hydrogen-bond acceptors (Lipinski definition) is 5. The van der Waals surface area contributed by atoms with E-state index in [0.29, 0.717) is 24.0 Å². The molecule has 96 valence electrons. The van der Waals surface area contributed by atoms with Gasteiger partial charge in [0.15, 0.2) is 0 Å². The van der Waals surface area contributed by atoms with Gasteiger partial charge in [-0.2, -0.15) is 4.98 Å². The number of aromatic nitrogens is 1. The molecular formula is C12H21N3O2. The average Bonchev–Trinajstić information content (AvgIpc) is 2.32. The molecule has 2 atom stereocenters. The van der Waals surface area contributed by atoms with Crippen molar-refractivity contribution in [3.05, 3.63) is 12.1 Å². The minimum atomic E-state index is 0.130. The largest absolute Gasteiger partial charge is 0.476 e. The molecule has 5 heteroatoms. The molecule has 5 nitrogen and oxygen atoms in total. The predicted molar refractivity (Wildman–Crippen MR) is 69.2 cm³/mol. The lowest BCUT2D eigenvalue weighted by Gasteiger charge is -2.20. The molecule has 0 saturated carbocycles. The number of anilines is 2. The van der Waals surface area contributed by atoms with Gasteiger partial charge in [-0.1, -0.05) is 6.92 Å². The lowest BCUT2D eigenvalue weighted by molar-refractivity contribution is 0.226. The molecule has 1 aromatic rings. The van der Waals surface area contributed by atoms with Crippen LogP contribution in [0.25, 0.3) is 0 Å². The highest BCUT2D eigenvalue weighted by molar-refractivity contribution is 5.53. The number of aliphatic hydroxyl groups excluding tert-OH is 1. The monoisotopic (exact) mass is 239 g/mol. The SMILES string of the molecule is CCOc1nc(NC(C)C(C)CO)ccc1N. The maximum atomic E-state index is 9.06. The van der Waals surface area contributed by atoms with Crippen LogP contribution in [0.4, 0.5) is 11.5 Å². The molecular weight excluding hydrogens is 218 g/mol. The molecule has 17 heavy (non-hydrogen) atoms. The number of nitrogens with two attached hydrogens (primary N) is 1. The summed E-state index contributed by atoms with van der Waals surface area (Å²) in [6.07, 6.45) is 0. The Hall–Kier alpha value is -1.49. The minimum absolute atomic E-state index is 0.130. The summed E-state index contributed by atoms with van der Waals surface area (Å²) >= 11 is 0. The Morgan fingerprint density at radius 1 is 1.47 bits per heavy atom. The molecule has 1 aromatic heterocycles. The average molecular weight is 239 g/mol. The van der Waals surface area contributed by atoms with Crippen LogP contribution >= 0.6 is 0 Å². The fourth-order valence-corrected chi connectivity index (χ4v) is 1.32. The van der Waals surface area contributed by atoms with Crippen molar-refractivity contribution in [1.29, 1.82) is 0 Å². The van der Waals surface area contributed by atoms with E-state index < -0.39 is 0 Å². The zero-order chi connectivity index (χ0) is 12.8. The quantitative estimate of drug-likeness (QED) is 0.701. The molecule has 0 radical (unpaired) electrons. The third-order valence-electron chi connectivity index (χ3n) is 2.69. The van der Waals surface area contributed by atoms with Crippen molar-refractivity contribution >= 4 is 11.5 Å². The predicted octanol–water partition coefficient (Wildman–Crippen LogP) is 1.49. The number of nitrogens with zero attached hydrogens (tertiary/aromatic N) is 1. The van der Waals surface area contributed by atoms with E-state index in [9.17, 15) is 0 Å². The van der Waals surface area contributed by atoms with Gasteiger partial charge >= 0.3 is 0 Å². The molecule has 0 bridgehead atoms. The van der Waals surface area contributed by atoms with E-state index in [1.165, 1.54) is 0 Å². The maximum Gasteiger partial charge on any atom is 0.239 e. The fourth-order valence-electron chi connectivity index (χ4n) is 1.32. The van der Waals surface area contributed by atoms with Gasteiger partial charge in [0.2, 0.25) is 5.88 Å². The van der Waals surface area contributed by atoms with E-state index in [-0.39, 0.29) is 18.6 Å². The zero-order valence-electron chi connectivity index (χ0n) is 10.6. The van der Waals surface area contributed by atoms with Gasteiger partial charge in [0.05, 0.1) is 12.3 Å². The summed E-state index contributed by atoms with van der Waals surface area (Å²) in [5, 5.41) is 12.3. The van der Waals surface area contributed by atoms with Gasteiger partial charge < -0.3 is 20.9 Å². The molecule has 0 aliphatic heterocycles. The lowest BCUT2D eigenvalue weighted by Crippen LogP contribution is -2.26. The van der Waals surface area contributed by atoms with Gasteiger partial charge in [-0.15, -0.1) is 0 Å². The van der Waals surface area contributed by atoms with E-state index in [2.05, 4.69) is 10.3 Å². The van der Waals surface area contributed by atoms with Crippen molar-refractivity contribution in [2.24, 2.45) is 5.92 Å². The maximum absolute atomic E-state index is 9.06. The van der Waals surface area contributed by atoms with E-state index >= 15 is 0 Å². The Bertz CT molecular complexity index is 358. The normalized spacial score (nSPS) is 14.1. The zero-order valence-corrected chi connectivity index (χ0v) is 10.6. The number of ether oxygens (including phenoxy) is 1. The molecule has 4 N–H and O–H groups in total. The van der Waals surface area contributed by atoms with E-state index in [1.54, 1.807) is 12.1 Å². The third kappa shape index (κ3) is 3.78. The first-order valence-corrected chi connectivity index (χ1v) is 5.85. The van der Waals surface area contributed by atoms with E-state index in [1.807, 2.05) is 20.8 Å². The van der Waals surface area contributed by atoms with Gasteiger partial charge in [-0.3, -0.25) is 0 Å². The van der Waals surface area contributed by atoms with Gasteiger partial charge in [0.25, 0.3) is 0 Å². The summed E-state index contributed by atoms with van der Waals surface area (Å²) in [5.74, 6) is 1.31. The molecule has 0 fully saturated rings. The van der Waals surface area contributed by atoms with Gasteiger partial charge in [-0.25, -0.2) is 0 Å². The molecule has 0 aliphatic rings. The first-order chi connectivity index (χ1) is 8.08. The minimum Gasteiger partial charge on any atom is -0.476 e. The van der Waals surface area contributed by atoms with Crippen molar-refractivity contribution < 1.29 is 9.84 Å². The summed E-state index contributed by atoms with van der Waals surface area (Å²) in [5.41, 5.74) is 6.27. The van der Waals surface area contributed by atoms with Crippen LogP contribution in [0, 0.1) is 5.92 Å². The second kappa shape index (κ2) is 6.30. The summed E-state index contributed by atoms with van der Waals surface area (Å²) < 4.78 is 5.32. The van der Waals surface area contributed by atoms with Crippen LogP contribution in [0.5, 0.6) is 5.88 Å².